The van der Waals surface area contributed by atoms with Crippen molar-refractivity contribution in [3.63, 3.8) is 0 Å². The molecule has 0 saturated heterocycles. The summed E-state index contributed by atoms with van der Waals surface area (Å²) in [7, 11) is 0. The summed E-state index contributed by atoms with van der Waals surface area (Å²) in [5, 5.41) is 0. The second-order valence-corrected chi connectivity index (χ2v) is 3.39. The van der Waals surface area contributed by atoms with Gasteiger partial charge >= 0.3 is 5.97 Å². The molecule has 1 aromatic carbocycles. The highest BCUT2D eigenvalue weighted by atomic mass is 16.5. The number of hydrogen-bond donors (Lipinski definition) is 0. The standard InChI is InChI=1S/C14H16O3/c1-3-8-16-11-12-6-5-7-13(10-12)14(15)17-9-4-2/h3-7,10H,1-2,8-9,11H2. The van der Waals surface area contributed by atoms with Crippen LogP contribution in [0, 0.1) is 0 Å². The first-order chi connectivity index (χ1) is 8.27. The topological polar surface area (TPSA) is 35.5 Å². The van der Waals surface area contributed by atoms with Gasteiger partial charge in [0, 0.05) is 0 Å². The van der Waals surface area contributed by atoms with Crippen molar-refractivity contribution in [2.45, 2.75) is 6.61 Å². The van der Waals surface area contributed by atoms with Gasteiger partial charge in [-0.1, -0.05) is 30.9 Å². The van der Waals surface area contributed by atoms with E-state index < -0.39 is 0 Å². The van der Waals surface area contributed by atoms with Gasteiger partial charge in [0.05, 0.1) is 18.8 Å². The van der Waals surface area contributed by atoms with E-state index in [2.05, 4.69) is 13.2 Å². The lowest BCUT2D eigenvalue weighted by molar-refractivity contribution is 0.0549. The van der Waals surface area contributed by atoms with Gasteiger partial charge in [-0.3, -0.25) is 0 Å². The molecule has 90 valence electrons. The minimum absolute atomic E-state index is 0.218. The van der Waals surface area contributed by atoms with Crippen molar-refractivity contribution < 1.29 is 14.3 Å². The van der Waals surface area contributed by atoms with Gasteiger partial charge in [-0.2, -0.15) is 0 Å². The molecule has 0 N–H and O–H groups in total. The molecule has 0 bridgehead atoms. The number of carbonyl (C=O) groups is 1. The van der Waals surface area contributed by atoms with Crippen LogP contribution in [0.15, 0.2) is 49.6 Å². The molecule has 0 atom stereocenters. The zero-order chi connectivity index (χ0) is 12.5. The highest BCUT2D eigenvalue weighted by Gasteiger charge is 2.06. The number of carbonyl (C=O) groups excluding carboxylic acids is 1. The summed E-state index contributed by atoms with van der Waals surface area (Å²) in [6, 6.07) is 7.17. The van der Waals surface area contributed by atoms with Gasteiger partial charge in [0.15, 0.2) is 0 Å². The van der Waals surface area contributed by atoms with Crippen molar-refractivity contribution in [1.82, 2.24) is 0 Å². The van der Waals surface area contributed by atoms with E-state index in [1.54, 1.807) is 24.3 Å². The average molecular weight is 232 g/mol. The molecule has 0 amide bonds. The second-order valence-electron chi connectivity index (χ2n) is 3.39. The van der Waals surface area contributed by atoms with Gasteiger partial charge in [-0.05, 0) is 17.7 Å². The molecule has 0 heterocycles. The first kappa shape index (κ1) is 13.2. The summed E-state index contributed by atoms with van der Waals surface area (Å²) >= 11 is 0. The molecule has 0 aliphatic carbocycles. The second kappa shape index (κ2) is 7.41. The van der Waals surface area contributed by atoms with Gasteiger partial charge < -0.3 is 9.47 Å². The number of benzene rings is 1. The van der Waals surface area contributed by atoms with E-state index in [1.807, 2.05) is 6.07 Å². The molecule has 0 aliphatic heterocycles. The van der Waals surface area contributed by atoms with Crippen molar-refractivity contribution in [2.24, 2.45) is 0 Å². The maximum Gasteiger partial charge on any atom is 0.338 e. The molecule has 0 fully saturated rings. The minimum atomic E-state index is -0.351. The Balaban J connectivity index is 2.61. The molecule has 0 aliphatic rings. The first-order valence-electron chi connectivity index (χ1n) is 5.33. The Bertz CT molecular complexity index is 396. The Morgan fingerprint density at radius 2 is 2.00 bits per heavy atom. The van der Waals surface area contributed by atoms with Crippen LogP contribution in [0.25, 0.3) is 0 Å². The number of hydrogen-bond acceptors (Lipinski definition) is 3. The third-order valence-electron chi connectivity index (χ3n) is 2.00. The largest absolute Gasteiger partial charge is 0.458 e. The Hall–Kier alpha value is -1.87. The summed E-state index contributed by atoms with van der Waals surface area (Å²) < 4.78 is 10.2. The normalized spacial score (nSPS) is 9.65. The van der Waals surface area contributed by atoms with Crippen LogP contribution in [0.4, 0.5) is 0 Å². The predicted octanol–water partition coefficient (Wildman–Crippen LogP) is 2.73. The van der Waals surface area contributed by atoms with Crippen LogP contribution in [-0.2, 0) is 16.1 Å². The summed E-state index contributed by atoms with van der Waals surface area (Å²) in [5.74, 6) is -0.351. The van der Waals surface area contributed by atoms with Crippen LogP contribution < -0.4 is 0 Å². The monoisotopic (exact) mass is 232 g/mol. The van der Waals surface area contributed by atoms with Crippen LogP contribution >= 0.6 is 0 Å². The smallest absolute Gasteiger partial charge is 0.338 e. The molecule has 1 aromatic rings. The van der Waals surface area contributed by atoms with Crippen molar-refractivity contribution in [2.75, 3.05) is 13.2 Å². The minimum Gasteiger partial charge on any atom is -0.458 e. The van der Waals surface area contributed by atoms with Gasteiger partial charge in [-0.25, -0.2) is 4.79 Å². The van der Waals surface area contributed by atoms with Gasteiger partial charge in [0.25, 0.3) is 0 Å². The third-order valence-corrected chi connectivity index (χ3v) is 2.00. The zero-order valence-electron chi connectivity index (χ0n) is 9.72. The predicted molar refractivity (Wildman–Crippen MR) is 66.8 cm³/mol. The van der Waals surface area contributed by atoms with Gasteiger partial charge in [-0.15, -0.1) is 6.58 Å². The SMILES string of the molecule is C=CCOCc1cccc(C(=O)OCC=C)c1. The third kappa shape index (κ3) is 4.66. The Morgan fingerprint density at radius 3 is 2.71 bits per heavy atom. The van der Waals surface area contributed by atoms with E-state index in [4.69, 9.17) is 9.47 Å². The number of ether oxygens (including phenoxy) is 2. The maximum atomic E-state index is 11.6. The van der Waals surface area contributed by atoms with Crippen LogP contribution in [-0.4, -0.2) is 19.2 Å². The van der Waals surface area contributed by atoms with Crippen LogP contribution in [0.3, 0.4) is 0 Å². The van der Waals surface area contributed by atoms with Crippen LogP contribution in [0.2, 0.25) is 0 Å². The quantitative estimate of drug-likeness (QED) is 0.412. The van der Waals surface area contributed by atoms with Gasteiger partial charge in [0.1, 0.15) is 6.61 Å². The highest BCUT2D eigenvalue weighted by molar-refractivity contribution is 5.89. The molecule has 3 heteroatoms. The molecule has 17 heavy (non-hydrogen) atoms. The summed E-state index contributed by atoms with van der Waals surface area (Å²) in [6.07, 6.45) is 3.22. The van der Waals surface area contributed by atoms with E-state index >= 15 is 0 Å². The van der Waals surface area contributed by atoms with E-state index in [0.717, 1.165) is 5.56 Å². The molecule has 1 rings (SSSR count). The molecular formula is C14H16O3. The van der Waals surface area contributed by atoms with Crippen molar-refractivity contribution in [3.05, 3.63) is 60.7 Å². The fourth-order valence-corrected chi connectivity index (χ4v) is 1.27. The van der Waals surface area contributed by atoms with Gasteiger partial charge in [0.2, 0.25) is 0 Å². The molecule has 0 aromatic heterocycles. The first-order valence-corrected chi connectivity index (χ1v) is 5.33. The Kier molecular flexibility index (Phi) is 5.75. The fourth-order valence-electron chi connectivity index (χ4n) is 1.27. The molecule has 0 radical (unpaired) electrons. The molecule has 3 nitrogen and oxygen atoms in total. The van der Waals surface area contributed by atoms with Crippen molar-refractivity contribution in [3.8, 4) is 0 Å². The lowest BCUT2D eigenvalue weighted by Gasteiger charge is -2.05. The van der Waals surface area contributed by atoms with Crippen LogP contribution in [0.1, 0.15) is 15.9 Å². The maximum absolute atomic E-state index is 11.6. The summed E-state index contributed by atoms with van der Waals surface area (Å²) in [5.41, 5.74) is 1.45. The van der Waals surface area contributed by atoms with E-state index in [1.165, 1.54) is 6.08 Å². The summed E-state index contributed by atoms with van der Waals surface area (Å²) in [4.78, 5) is 11.6. The molecule has 0 spiro atoms. The molecule has 0 saturated carbocycles. The summed E-state index contributed by atoms with van der Waals surface area (Å²) in [6.45, 7) is 8.21. The van der Waals surface area contributed by atoms with E-state index in [-0.39, 0.29) is 12.6 Å². The lowest BCUT2D eigenvalue weighted by Crippen LogP contribution is -2.05. The highest BCUT2D eigenvalue weighted by Crippen LogP contribution is 2.08. The average Bonchev–Trinajstić information content (AvgIpc) is 2.36. The van der Waals surface area contributed by atoms with Crippen LogP contribution in [0.5, 0.6) is 0 Å². The number of esters is 1. The Morgan fingerprint density at radius 1 is 1.24 bits per heavy atom. The van der Waals surface area contributed by atoms with E-state index in [0.29, 0.717) is 18.8 Å². The molecular weight excluding hydrogens is 216 g/mol. The fraction of sp³-hybridized carbons (Fsp3) is 0.214. The number of rotatable bonds is 7. The molecule has 0 unspecified atom stereocenters. The van der Waals surface area contributed by atoms with Crippen molar-refractivity contribution >= 4 is 5.97 Å². The zero-order valence-corrected chi connectivity index (χ0v) is 9.72. The van der Waals surface area contributed by atoms with E-state index in [9.17, 15) is 4.79 Å². The Labute approximate surface area is 101 Å². The lowest BCUT2D eigenvalue weighted by atomic mass is 10.1. The van der Waals surface area contributed by atoms with Crippen molar-refractivity contribution in [1.29, 1.82) is 0 Å².